The van der Waals surface area contributed by atoms with E-state index in [0.29, 0.717) is 17.5 Å². The number of ether oxygens (including phenoxy) is 2. The summed E-state index contributed by atoms with van der Waals surface area (Å²) in [6.07, 6.45) is -11.9. The fourth-order valence-corrected chi connectivity index (χ4v) is 4.80. The van der Waals surface area contributed by atoms with Crippen LogP contribution in [0, 0.1) is 5.92 Å². The summed E-state index contributed by atoms with van der Waals surface area (Å²) in [4.78, 5) is 0. The van der Waals surface area contributed by atoms with E-state index in [4.69, 9.17) is 9.47 Å². The molecule has 174 valence electrons. The normalized spacial score (nSPS) is 25.2. The number of rotatable bonds is 3. The number of hydrogen-bond acceptors (Lipinski definition) is 4. The Labute approximate surface area is 180 Å². The van der Waals surface area contributed by atoms with Crippen LogP contribution in [0.2, 0.25) is 0 Å². The summed E-state index contributed by atoms with van der Waals surface area (Å²) < 4.78 is 92.0. The molecule has 32 heavy (non-hydrogen) atoms. The molecule has 0 aromatic heterocycles. The Morgan fingerprint density at radius 1 is 1.09 bits per heavy atom. The summed E-state index contributed by atoms with van der Waals surface area (Å²) in [6.45, 7) is 1.92. The van der Waals surface area contributed by atoms with Gasteiger partial charge in [-0.1, -0.05) is 31.2 Å². The van der Waals surface area contributed by atoms with Crippen LogP contribution in [0.4, 0.5) is 32.0 Å². The van der Waals surface area contributed by atoms with Gasteiger partial charge in [0, 0.05) is 35.3 Å². The van der Waals surface area contributed by atoms with Crippen LogP contribution in [0.25, 0.3) is 0 Å². The molecule has 10 heteroatoms. The highest BCUT2D eigenvalue weighted by Gasteiger charge is 2.71. The fourth-order valence-electron chi connectivity index (χ4n) is 4.80. The van der Waals surface area contributed by atoms with Crippen molar-refractivity contribution in [3.63, 3.8) is 0 Å². The molecular formula is C22H21F6NO3. The maximum absolute atomic E-state index is 13.5. The third kappa shape index (κ3) is 3.14. The minimum Gasteiger partial charge on any atom is -0.493 e. The molecule has 0 amide bonds. The molecule has 2 aliphatic rings. The average Bonchev–Trinajstić information content (AvgIpc) is 2.71. The van der Waals surface area contributed by atoms with Crippen molar-refractivity contribution in [1.29, 1.82) is 0 Å². The Bertz CT molecular complexity index is 1010. The molecule has 0 spiro atoms. The molecule has 0 aliphatic carbocycles. The fraction of sp³-hybridized carbons (Fsp3) is 0.455. The molecular weight excluding hydrogens is 440 g/mol. The van der Waals surface area contributed by atoms with Crippen molar-refractivity contribution >= 4 is 5.69 Å². The van der Waals surface area contributed by atoms with Crippen LogP contribution in [0.1, 0.15) is 29.7 Å². The van der Waals surface area contributed by atoms with Gasteiger partial charge in [0.15, 0.2) is 0 Å². The quantitative estimate of drug-likeness (QED) is 0.627. The van der Waals surface area contributed by atoms with Crippen LogP contribution in [-0.4, -0.2) is 37.8 Å². The Morgan fingerprint density at radius 3 is 2.38 bits per heavy atom. The van der Waals surface area contributed by atoms with E-state index in [0.717, 1.165) is 17.7 Å². The molecule has 2 heterocycles. The van der Waals surface area contributed by atoms with Gasteiger partial charge in [0.1, 0.15) is 5.75 Å². The SMILES string of the molecule is COCC1(C)c2cc(C(O)(C(F)(F)F)C(F)(F)F)ccc2NC2c3ccccc3OCC21. The first-order valence-electron chi connectivity index (χ1n) is 9.82. The van der Waals surface area contributed by atoms with E-state index in [-0.39, 0.29) is 30.7 Å². The number of aliphatic hydroxyl groups is 1. The van der Waals surface area contributed by atoms with Gasteiger partial charge < -0.3 is 19.9 Å². The molecule has 0 bridgehead atoms. The zero-order valence-corrected chi connectivity index (χ0v) is 17.1. The first-order chi connectivity index (χ1) is 14.8. The highest BCUT2D eigenvalue weighted by Crippen LogP contribution is 2.55. The minimum atomic E-state index is -5.96. The van der Waals surface area contributed by atoms with Gasteiger partial charge in [-0.15, -0.1) is 0 Å². The van der Waals surface area contributed by atoms with E-state index in [1.165, 1.54) is 7.11 Å². The monoisotopic (exact) mass is 461 g/mol. The van der Waals surface area contributed by atoms with Gasteiger partial charge >= 0.3 is 12.4 Å². The van der Waals surface area contributed by atoms with Crippen LogP contribution < -0.4 is 10.1 Å². The summed E-state index contributed by atoms with van der Waals surface area (Å²) >= 11 is 0. The van der Waals surface area contributed by atoms with E-state index in [1.54, 1.807) is 13.0 Å². The number of para-hydroxylation sites is 1. The number of anilines is 1. The molecule has 0 radical (unpaired) electrons. The lowest BCUT2D eigenvalue weighted by atomic mass is 9.64. The highest BCUT2D eigenvalue weighted by molar-refractivity contribution is 5.63. The number of fused-ring (bicyclic) bond motifs is 4. The minimum absolute atomic E-state index is 0.0221. The van der Waals surface area contributed by atoms with Crippen molar-refractivity contribution in [3.05, 3.63) is 59.2 Å². The van der Waals surface area contributed by atoms with Crippen LogP contribution in [0.5, 0.6) is 5.75 Å². The maximum atomic E-state index is 13.5. The second-order valence-electron chi connectivity index (χ2n) is 8.39. The molecule has 0 saturated heterocycles. The average molecular weight is 461 g/mol. The van der Waals surface area contributed by atoms with E-state index in [1.807, 2.05) is 18.2 Å². The van der Waals surface area contributed by atoms with Crippen LogP contribution >= 0.6 is 0 Å². The third-order valence-electron chi connectivity index (χ3n) is 6.52. The summed E-state index contributed by atoms with van der Waals surface area (Å²) in [5.41, 5.74) is -5.90. The van der Waals surface area contributed by atoms with Gasteiger partial charge in [-0.25, -0.2) is 0 Å². The van der Waals surface area contributed by atoms with Gasteiger partial charge in [-0.05, 0) is 23.8 Å². The highest BCUT2D eigenvalue weighted by atomic mass is 19.4. The molecule has 4 rings (SSSR count). The van der Waals surface area contributed by atoms with Crippen LogP contribution in [0.3, 0.4) is 0 Å². The van der Waals surface area contributed by atoms with Crippen LogP contribution in [0.15, 0.2) is 42.5 Å². The van der Waals surface area contributed by atoms with Crippen molar-refractivity contribution in [1.82, 2.24) is 0 Å². The van der Waals surface area contributed by atoms with Gasteiger partial charge in [-0.3, -0.25) is 0 Å². The number of alkyl halides is 6. The molecule has 0 fully saturated rings. The van der Waals surface area contributed by atoms with E-state index in [2.05, 4.69) is 5.32 Å². The summed E-state index contributed by atoms with van der Waals surface area (Å²) in [6, 6.07) is 9.59. The third-order valence-corrected chi connectivity index (χ3v) is 6.52. The van der Waals surface area contributed by atoms with Crippen molar-refractivity contribution in [2.75, 3.05) is 25.6 Å². The maximum Gasteiger partial charge on any atom is 0.430 e. The van der Waals surface area contributed by atoms with E-state index < -0.39 is 28.9 Å². The summed E-state index contributed by atoms with van der Waals surface area (Å²) in [5.74, 6) is 0.301. The predicted octanol–water partition coefficient (Wildman–Crippen LogP) is 5.08. The lowest BCUT2D eigenvalue weighted by Gasteiger charge is -2.50. The molecule has 3 unspecified atom stereocenters. The lowest BCUT2D eigenvalue weighted by Crippen LogP contribution is -2.54. The van der Waals surface area contributed by atoms with Gasteiger partial charge in [0.2, 0.25) is 0 Å². The Kier molecular flexibility index (Phi) is 5.17. The molecule has 4 nitrogen and oxygen atoms in total. The Hall–Kier alpha value is -2.46. The summed E-state index contributed by atoms with van der Waals surface area (Å²) in [7, 11) is 1.41. The Morgan fingerprint density at radius 2 is 1.75 bits per heavy atom. The largest absolute Gasteiger partial charge is 0.493 e. The number of benzene rings is 2. The molecule has 2 aliphatic heterocycles. The molecule has 2 N–H and O–H groups in total. The molecule has 0 saturated carbocycles. The van der Waals surface area contributed by atoms with E-state index >= 15 is 0 Å². The van der Waals surface area contributed by atoms with Crippen molar-refractivity contribution < 1.29 is 40.9 Å². The number of methoxy groups -OCH3 is 1. The van der Waals surface area contributed by atoms with Gasteiger partial charge in [0.05, 0.1) is 19.3 Å². The number of hydrogen-bond donors (Lipinski definition) is 2. The van der Waals surface area contributed by atoms with Gasteiger partial charge in [-0.2, -0.15) is 26.3 Å². The van der Waals surface area contributed by atoms with Gasteiger partial charge in [0.25, 0.3) is 5.60 Å². The standard InChI is InChI=1S/C22H21F6NO3/c1-19(11-31-2)14-9-12(20(30,21(23,24)25)22(26,27)28)7-8-16(14)29-18-13-5-3-4-6-17(13)32-10-15(18)19/h3-9,15,18,29-30H,10-11H2,1-2H3. The first kappa shape index (κ1) is 22.7. The zero-order valence-electron chi connectivity index (χ0n) is 17.1. The smallest absolute Gasteiger partial charge is 0.430 e. The second-order valence-corrected chi connectivity index (χ2v) is 8.39. The molecule has 2 aromatic rings. The zero-order chi connectivity index (χ0) is 23.5. The first-order valence-corrected chi connectivity index (χ1v) is 9.82. The topological polar surface area (TPSA) is 50.7 Å². The van der Waals surface area contributed by atoms with Crippen molar-refractivity contribution in [2.45, 2.75) is 36.3 Å². The van der Waals surface area contributed by atoms with Crippen molar-refractivity contribution in [2.24, 2.45) is 5.92 Å². The lowest BCUT2D eigenvalue weighted by molar-refractivity contribution is -0.376. The second kappa shape index (κ2) is 7.28. The number of nitrogens with one attached hydrogen (secondary N) is 1. The van der Waals surface area contributed by atoms with E-state index in [9.17, 15) is 31.4 Å². The molecule has 2 aromatic carbocycles. The van der Waals surface area contributed by atoms with Crippen LogP contribution in [-0.2, 0) is 15.8 Å². The molecule has 3 atom stereocenters. The Balaban J connectivity index is 1.90. The number of halogens is 6. The van der Waals surface area contributed by atoms with Crippen molar-refractivity contribution in [3.8, 4) is 5.75 Å². The summed E-state index contributed by atoms with van der Waals surface area (Å²) in [5, 5.41) is 13.1. The predicted molar refractivity (Wildman–Crippen MR) is 103 cm³/mol.